The molecule has 1 heterocycles. The van der Waals surface area contributed by atoms with Gasteiger partial charge in [0.05, 0.1) is 17.2 Å². The molecule has 20 heavy (non-hydrogen) atoms. The maximum absolute atomic E-state index is 12.2. The average molecular weight is 272 g/mol. The lowest BCUT2D eigenvalue weighted by atomic mass is 9.89. The van der Waals surface area contributed by atoms with Crippen molar-refractivity contribution < 1.29 is 9.90 Å². The van der Waals surface area contributed by atoms with Crippen LogP contribution in [-0.4, -0.2) is 28.6 Å². The maximum Gasteiger partial charge on any atom is 0.252 e. The van der Waals surface area contributed by atoms with Gasteiger partial charge in [-0.2, -0.15) is 0 Å². The highest BCUT2D eigenvalue weighted by molar-refractivity contribution is 6.05. The number of benzene rings is 1. The molecule has 0 spiro atoms. The first kappa shape index (κ1) is 14.5. The summed E-state index contributed by atoms with van der Waals surface area (Å²) in [5, 5.41) is 13.6. The highest BCUT2D eigenvalue weighted by Crippen LogP contribution is 2.19. The molecule has 0 aliphatic rings. The van der Waals surface area contributed by atoms with E-state index in [4.69, 9.17) is 0 Å². The Balaban J connectivity index is 2.16. The van der Waals surface area contributed by atoms with E-state index in [0.29, 0.717) is 5.56 Å². The van der Waals surface area contributed by atoms with Crippen molar-refractivity contribution in [3.05, 3.63) is 42.1 Å². The van der Waals surface area contributed by atoms with Gasteiger partial charge in [-0.3, -0.25) is 9.78 Å². The number of hydrogen-bond acceptors (Lipinski definition) is 3. The molecular formula is C16H20N2O2. The molecule has 1 atom stereocenters. The molecule has 0 aliphatic heterocycles. The predicted molar refractivity (Wildman–Crippen MR) is 79.5 cm³/mol. The number of rotatable bonds is 3. The summed E-state index contributed by atoms with van der Waals surface area (Å²) in [4.78, 5) is 16.5. The quantitative estimate of drug-likeness (QED) is 0.901. The molecule has 4 heteroatoms. The number of hydrogen-bond donors (Lipinski definition) is 2. The zero-order valence-corrected chi connectivity index (χ0v) is 12.1. The lowest BCUT2D eigenvalue weighted by Crippen LogP contribution is -2.39. The Labute approximate surface area is 118 Å². The molecule has 1 aromatic heterocycles. The van der Waals surface area contributed by atoms with Gasteiger partial charge in [-0.05, 0) is 17.5 Å². The Morgan fingerprint density at radius 2 is 2.00 bits per heavy atom. The van der Waals surface area contributed by atoms with Gasteiger partial charge < -0.3 is 10.4 Å². The smallest absolute Gasteiger partial charge is 0.252 e. The van der Waals surface area contributed by atoms with Crippen molar-refractivity contribution in [2.75, 3.05) is 6.54 Å². The van der Waals surface area contributed by atoms with E-state index in [2.05, 4.69) is 10.3 Å². The minimum absolute atomic E-state index is 0.188. The number of para-hydroxylation sites is 1. The van der Waals surface area contributed by atoms with Crippen LogP contribution in [-0.2, 0) is 0 Å². The molecule has 2 rings (SSSR count). The normalized spacial score (nSPS) is 13.2. The number of carbonyl (C=O) groups is 1. The standard InChI is InChI=1S/C16H20N2O2/c1-16(2,3)14(19)10-18-15(20)12-8-9-17-13-7-5-4-6-11(12)13/h4-9,14,19H,10H2,1-3H3,(H,18,20). The first-order valence-corrected chi connectivity index (χ1v) is 6.69. The van der Waals surface area contributed by atoms with Crippen LogP contribution in [0.1, 0.15) is 31.1 Å². The van der Waals surface area contributed by atoms with E-state index in [1.54, 1.807) is 12.3 Å². The SMILES string of the molecule is CC(C)(C)C(O)CNC(=O)c1ccnc2ccccc12. The van der Waals surface area contributed by atoms with Crippen LogP contribution in [0.25, 0.3) is 10.9 Å². The number of nitrogens with zero attached hydrogens (tertiary/aromatic N) is 1. The number of amides is 1. The number of aliphatic hydroxyl groups excluding tert-OH is 1. The zero-order chi connectivity index (χ0) is 14.8. The van der Waals surface area contributed by atoms with Crippen LogP contribution in [0.2, 0.25) is 0 Å². The molecule has 0 saturated heterocycles. The molecule has 0 fully saturated rings. The molecule has 0 radical (unpaired) electrons. The Bertz CT molecular complexity index is 612. The third kappa shape index (κ3) is 3.14. The van der Waals surface area contributed by atoms with Crippen molar-refractivity contribution in [3.63, 3.8) is 0 Å². The van der Waals surface area contributed by atoms with Gasteiger partial charge in [0.25, 0.3) is 5.91 Å². The fraction of sp³-hybridized carbons (Fsp3) is 0.375. The first-order valence-electron chi connectivity index (χ1n) is 6.69. The number of aliphatic hydroxyl groups is 1. The third-order valence-corrected chi connectivity index (χ3v) is 3.35. The lowest BCUT2D eigenvalue weighted by molar-refractivity contribution is 0.0587. The van der Waals surface area contributed by atoms with E-state index in [1.807, 2.05) is 45.0 Å². The van der Waals surface area contributed by atoms with Gasteiger partial charge in [0, 0.05) is 18.1 Å². The van der Waals surface area contributed by atoms with E-state index in [0.717, 1.165) is 10.9 Å². The number of aromatic nitrogens is 1. The van der Waals surface area contributed by atoms with E-state index in [-0.39, 0.29) is 17.9 Å². The van der Waals surface area contributed by atoms with Crippen LogP contribution in [0.15, 0.2) is 36.5 Å². The Hall–Kier alpha value is -1.94. The zero-order valence-electron chi connectivity index (χ0n) is 12.1. The molecule has 1 unspecified atom stereocenters. The fourth-order valence-electron chi connectivity index (χ4n) is 1.88. The molecule has 1 amide bonds. The highest BCUT2D eigenvalue weighted by atomic mass is 16.3. The Kier molecular flexibility index (Phi) is 4.04. The van der Waals surface area contributed by atoms with Crippen LogP contribution in [0.5, 0.6) is 0 Å². The van der Waals surface area contributed by atoms with E-state index < -0.39 is 6.10 Å². The van der Waals surface area contributed by atoms with Crippen molar-refractivity contribution in [3.8, 4) is 0 Å². The molecule has 0 saturated carbocycles. The summed E-state index contributed by atoms with van der Waals surface area (Å²) in [6.45, 7) is 6.04. The van der Waals surface area contributed by atoms with Crippen molar-refractivity contribution in [1.29, 1.82) is 0 Å². The summed E-state index contributed by atoms with van der Waals surface area (Å²) in [5.74, 6) is -0.188. The lowest BCUT2D eigenvalue weighted by Gasteiger charge is -2.25. The van der Waals surface area contributed by atoms with Gasteiger partial charge in [0.2, 0.25) is 0 Å². The van der Waals surface area contributed by atoms with E-state index in [1.165, 1.54) is 0 Å². The third-order valence-electron chi connectivity index (χ3n) is 3.35. The molecule has 0 bridgehead atoms. The number of nitrogens with one attached hydrogen (secondary N) is 1. The Morgan fingerprint density at radius 1 is 1.30 bits per heavy atom. The minimum Gasteiger partial charge on any atom is -0.391 e. The summed E-state index contributed by atoms with van der Waals surface area (Å²) in [7, 11) is 0. The van der Waals surface area contributed by atoms with Crippen molar-refractivity contribution in [1.82, 2.24) is 10.3 Å². The second-order valence-corrected chi connectivity index (χ2v) is 5.97. The monoisotopic (exact) mass is 272 g/mol. The van der Waals surface area contributed by atoms with Crippen LogP contribution in [0.4, 0.5) is 0 Å². The Morgan fingerprint density at radius 3 is 2.70 bits per heavy atom. The molecule has 2 aromatic rings. The summed E-state index contributed by atoms with van der Waals surface area (Å²) in [6, 6.07) is 9.21. The van der Waals surface area contributed by atoms with E-state index in [9.17, 15) is 9.90 Å². The molecule has 106 valence electrons. The van der Waals surface area contributed by atoms with Crippen molar-refractivity contribution in [2.24, 2.45) is 5.41 Å². The van der Waals surface area contributed by atoms with Gasteiger partial charge >= 0.3 is 0 Å². The van der Waals surface area contributed by atoms with Crippen LogP contribution in [0, 0.1) is 5.41 Å². The molecule has 2 N–H and O–H groups in total. The second kappa shape index (κ2) is 5.59. The maximum atomic E-state index is 12.2. The summed E-state index contributed by atoms with van der Waals surface area (Å²) in [6.07, 6.45) is 1.04. The molecule has 1 aromatic carbocycles. The minimum atomic E-state index is -0.584. The van der Waals surface area contributed by atoms with Gasteiger partial charge in [0.1, 0.15) is 0 Å². The largest absolute Gasteiger partial charge is 0.391 e. The number of pyridine rings is 1. The van der Waals surface area contributed by atoms with Crippen molar-refractivity contribution in [2.45, 2.75) is 26.9 Å². The number of carbonyl (C=O) groups excluding carboxylic acids is 1. The van der Waals surface area contributed by atoms with Crippen molar-refractivity contribution >= 4 is 16.8 Å². The van der Waals surface area contributed by atoms with Gasteiger partial charge in [-0.15, -0.1) is 0 Å². The fourth-order valence-corrected chi connectivity index (χ4v) is 1.88. The summed E-state index contributed by atoms with van der Waals surface area (Å²) in [5.41, 5.74) is 1.11. The second-order valence-electron chi connectivity index (χ2n) is 5.97. The highest BCUT2D eigenvalue weighted by Gasteiger charge is 2.22. The van der Waals surface area contributed by atoms with Crippen LogP contribution in [0.3, 0.4) is 0 Å². The average Bonchev–Trinajstić information content (AvgIpc) is 2.42. The van der Waals surface area contributed by atoms with Gasteiger partial charge in [0.15, 0.2) is 0 Å². The van der Waals surface area contributed by atoms with Gasteiger partial charge in [-0.1, -0.05) is 39.0 Å². The van der Waals surface area contributed by atoms with Crippen LogP contribution < -0.4 is 5.32 Å². The summed E-state index contributed by atoms with van der Waals surface area (Å²) >= 11 is 0. The predicted octanol–water partition coefficient (Wildman–Crippen LogP) is 2.37. The topological polar surface area (TPSA) is 62.2 Å². The summed E-state index contributed by atoms with van der Waals surface area (Å²) < 4.78 is 0. The molecular weight excluding hydrogens is 252 g/mol. The number of fused-ring (bicyclic) bond motifs is 1. The van der Waals surface area contributed by atoms with Crippen LogP contribution >= 0.6 is 0 Å². The first-order chi connectivity index (χ1) is 9.39. The van der Waals surface area contributed by atoms with Gasteiger partial charge in [-0.25, -0.2) is 0 Å². The molecule has 0 aliphatic carbocycles. The van der Waals surface area contributed by atoms with E-state index >= 15 is 0 Å². The molecule has 4 nitrogen and oxygen atoms in total.